The van der Waals surface area contributed by atoms with Crippen molar-refractivity contribution in [2.24, 2.45) is 0 Å². The Morgan fingerprint density at radius 2 is 1.62 bits per heavy atom. The Morgan fingerprint density at radius 3 is 2.21 bits per heavy atom. The number of anilines is 1. The van der Waals surface area contributed by atoms with Crippen LogP contribution in [0.25, 0.3) is 0 Å². The normalized spacial score (nSPS) is 14.1. The quantitative estimate of drug-likeness (QED) is 0.804. The molecule has 0 saturated carbocycles. The van der Waals surface area contributed by atoms with Gasteiger partial charge in [0.1, 0.15) is 0 Å². The molecule has 0 aromatic heterocycles. The summed E-state index contributed by atoms with van der Waals surface area (Å²) in [5.41, 5.74) is 3.54. The number of benzene rings is 2. The van der Waals surface area contributed by atoms with E-state index in [-0.39, 0.29) is 6.03 Å². The Balaban J connectivity index is 1.50. The number of nitrogens with one attached hydrogen (secondary N) is 1. The van der Waals surface area contributed by atoms with Crippen LogP contribution < -0.4 is 19.7 Å². The van der Waals surface area contributed by atoms with Gasteiger partial charge in [0.2, 0.25) is 0 Å². The van der Waals surface area contributed by atoms with Crippen LogP contribution in [0.3, 0.4) is 0 Å². The monoisotopic (exact) mass is 397 g/mol. The molecule has 1 saturated heterocycles. The minimum atomic E-state index is -0.0328. The van der Waals surface area contributed by atoms with Crippen molar-refractivity contribution in [3.05, 3.63) is 53.6 Å². The molecule has 0 bridgehead atoms. The summed E-state index contributed by atoms with van der Waals surface area (Å²) in [4.78, 5) is 16.8. The second-order valence-corrected chi connectivity index (χ2v) is 7.57. The van der Waals surface area contributed by atoms with Crippen molar-refractivity contribution in [3.63, 3.8) is 0 Å². The van der Waals surface area contributed by atoms with Gasteiger partial charge in [0, 0.05) is 38.4 Å². The average molecular weight is 398 g/mol. The number of hydrogen-bond donors (Lipinski definition) is 1. The first-order chi connectivity index (χ1) is 14.0. The summed E-state index contributed by atoms with van der Waals surface area (Å²) in [5.74, 6) is 1.88. The molecule has 1 aliphatic heterocycles. The largest absolute Gasteiger partial charge is 0.493 e. The highest BCUT2D eigenvalue weighted by Crippen LogP contribution is 2.27. The molecule has 1 heterocycles. The van der Waals surface area contributed by atoms with Gasteiger partial charge >= 0.3 is 6.03 Å². The van der Waals surface area contributed by atoms with Crippen molar-refractivity contribution >= 4 is 11.7 Å². The van der Waals surface area contributed by atoms with Crippen molar-refractivity contribution < 1.29 is 14.3 Å². The van der Waals surface area contributed by atoms with E-state index in [0.717, 1.165) is 18.7 Å². The molecule has 2 aromatic carbocycles. The molecule has 1 fully saturated rings. The van der Waals surface area contributed by atoms with E-state index in [4.69, 9.17) is 9.47 Å². The molecule has 1 N–H and O–H groups in total. The number of ether oxygens (including phenoxy) is 2. The Bertz CT molecular complexity index is 813. The highest BCUT2D eigenvalue weighted by atomic mass is 16.5. The van der Waals surface area contributed by atoms with Crippen LogP contribution >= 0.6 is 0 Å². The topological polar surface area (TPSA) is 54.0 Å². The zero-order chi connectivity index (χ0) is 20.8. The lowest BCUT2D eigenvalue weighted by Crippen LogP contribution is -2.51. The number of piperazine rings is 1. The molecular weight excluding hydrogens is 366 g/mol. The average Bonchev–Trinajstić information content (AvgIpc) is 2.77. The molecule has 0 atom stereocenters. The zero-order valence-electron chi connectivity index (χ0n) is 17.8. The number of methoxy groups -OCH3 is 2. The predicted octanol–water partition coefficient (Wildman–Crippen LogP) is 3.86. The van der Waals surface area contributed by atoms with Gasteiger partial charge in [0.15, 0.2) is 11.5 Å². The van der Waals surface area contributed by atoms with Gasteiger partial charge in [0.05, 0.1) is 14.2 Å². The van der Waals surface area contributed by atoms with E-state index in [1.807, 2.05) is 23.1 Å². The lowest BCUT2D eigenvalue weighted by Gasteiger charge is -2.36. The van der Waals surface area contributed by atoms with E-state index >= 15 is 0 Å². The fourth-order valence-electron chi connectivity index (χ4n) is 3.52. The molecule has 2 amide bonds. The van der Waals surface area contributed by atoms with Gasteiger partial charge in [0.25, 0.3) is 0 Å². The number of carbonyl (C=O) groups excluding carboxylic acids is 1. The maximum absolute atomic E-state index is 12.6. The van der Waals surface area contributed by atoms with Gasteiger partial charge in [-0.25, -0.2) is 4.79 Å². The molecule has 0 unspecified atom stereocenters. The van der Waals surface area contributed by atoms with E-state index < -0.39 is 0 Å². The minimum Gasteiger partial charge on any atom is -0.493 e. The highest BCUT2D eigenvalue weighted by molar-refractivity contribution is 5.74. The van der Waals surface area contributed by atoms with Gasteiger partial charge in [-0.05, 0) is 41.3 Å². The summed E-state index contributed by atoms with van der Waals surface area (Å²) in [6.45, 7) is 7.96. The smallest absolute Gasteiger partial charge is 0.317 e. The van der Waals surface area contributed by atoms with Crippen LogP contribution in [-0.4, -0.2) is 51.3 Å². The van der Waals surface area contributed by atoms with E-state index in [9.17, 15) is 4.79 Å². The van der Waals surface area contributed by atoms with Crippen LogP contribution in [0.1, 0.15) is 30.9 Å². The molecule has 1 aliphatic rings. The van der Waals surface area contributed by atoms with Gasteiger partial charge in [-0.3, -0.25) is 0 Å². The third-order valence-electron chi connectivity index (χ3n) is 5.38. The van der Waals surface area contributed by atoms with Gasteiger partial charge < -0.3 is 24.6 Å². The Hall–Kier alpha value is -2.89. The van der Waals surface area contributed by atoms with Crippen LogP contribution in [-0.2, 0) is 6.54 Å². The molecule has 6 heteroatoms. The third-order valence-corrected chi connectivity index (χ3v) is 5.38. The molecule has 0 aliphatic carbocycles. The van der Waals surface area contributed by atoms with Gasteiger partial charge in [-0.1, -0.05) is 32.0 Å². The van der Waals surface area contributed by atoms with Crippen molar-refractivity contribution in [1.82, 2.24) is 10.2 Å². The van der Waals surface area contributed by atoms with E-state index in [2.05, 4.69) is 48.3 Å². The second-order valence-electron chi connectivity index (χ2n) is 7.57. The first kappa shape index (κ1) is 20.8. The number of rotatable bonds is 6. The van der Waals surface area contributed by atoms with Gasteiger partial charge in [-0.15, -0.1) is 0 Å². The standard InChI is InChI=1S/C23H31N3O3/c1-17(2)19-6-8-20(9-7-19)25-11-13-26(14-12-25)23(27)24-16-18-5-10-21(28-3)22(15-18)29-4/h5-10,15,17H,11-14,16H2,1-4H3,(H,24,27). The van der Waals surface area contributed by atoms with E-state index in [0.29, 0.717) is 37.1 Å². The van der Waals surface area contributed by atoms with Crippen LogP contribution in [0.15, 0.2) is 42.5 Å². The van der Waals surface area contributed by atoms with Crippen LogP contribution in [0, 0.1) is 0 Å². The molecule has 6 nitrogen and oxygen atoms in total. The number of nitrogens with zero attached hydrogens (tertiary/aromatic N) is 2. The summed E-state index contributed by atoms with van der Waals surface area (Å²) in [6.07, 6.45) is 0. The van der Waals surface area contributed by atoms with Crippen molar-refractivity contribution in [1.29, 1.82) is 0 Å². The summed E-state index contributed by atoms with van der Waals surface area (Å²) >= 11 is 0. The Labute approximate surface area is 173 Å². The fourth-order valence-corrected chi connectivity index (χ4v) is 3.52. The Kier molecular flexibility index (Phi) is 6.86. The number of hydrogen-bond acceptors (Lipinski definition) is 4. The first-order valence-corrected chi connectivity index (χ1v) is 10.1. The summed E-state index contributed by atoms with van der Waals surface area (Å²) in [6, 6.07) is 14.4. The molecule has 29 heavy (non-hydrogen) atoms. The Morgan fingerprint density at radius 1 is 0.966 bits per heavy atom. The van der Waals surface area contributed by atoms with Gasteiger partial charge in [-0.2, -0.15) is 0 Å². The lowest BCUT2D eigenvalue weighted by atomic mass is 10.0. The van der Waals surface area contributed by atoms with Crippen LogP contribution in [0.5, 0.6) is 11.5 Å². The number of carbonyl (C=O) groups is 1. The lowest BCUT2D eigenvalue weighted by molar-refractivity contribution is 0.194. The molecule has 2 aromatic rings. The fraction of sp³-hybridized carbons (Fsp3) is 0.435. The highest BCUT2D eigenvalue weighted by Gasteiger charge is 2.21. The summed E-state index contributed by atoms with van der Waals surface area (Å²) < 4.78 is 10.6. The van der Waals surface area contributed by atoms with Crippen molar-refractivity contribution in [3.8, 4) is 11.5 Å². The van der Waals surface area contributed by atoms with Crippen LogP contribution in [0.2, 0.25) is 0 Å². The first-order valence-electron chi connectivity index (χ1n) is 10.1. The van der Waals surface area contributed by atoms with E-state index in [1.165, 1.54) is 11.3 Å². The number of amides is 2. The van der Waals surface area contributed by atoms with E-state index in [1.54, 1.807) is 14.2 Å². The minimum absolute atomic E-state index is 0.0328. The summed E-state index contributed by atoms with van der Waals surface area (Å²) in [5, 5.41) is 3.00. The molecular formula is C23H31N3O3. The van der Waals surface area contributed by atoms with Crippen molar-refractivity contribution in [2.45, 2.75) is 26.3 Å². The van der Waals surface area contributed by atoms with Crippen LogP contribution in [0.4, 0.5) is 10.5 Å². The molecule has 156 valence electrons. The SMILES string of the molecule is COc1ccc(CNC(=O)N2CCN(c3ccc(C(C)C)cc3)CC2)cc1OC. The molecule has 3 rings (SSSR count). The second kappa shape index (κ2) is 9.54. The third kappa shape index (κ3) is 5.13. The maximum atomic E-state index is 12.6. The predicted molar refractivity (Wildman–Crippen MR) is 116 cm³/mol. The zero-order valence-corrected chi connectivity index (χ0v) is 17.8. The molecule has 0 radical (unpaired) electrons. The van der Waals surface area contributed by atoms with Crippen molar-refractivity contribution in [2.75, 3.05) is 45.3 Å². The maximum Gasteiger partial charge on any atom is 0.317 e. The number of urea groups is 1. The summed E-state index contributed by atoms with van der Waals surface area (Å²) in [7, 11) is 3.22. The molecule has 0 spiro atoms.